The Morgan fingerprint density at radius 2 is 1.86 bits per heavy atom. The monoisotopic (exact) mass is 324 g/mol. The number of hydrogen-bond acceptors (Lipinski definition) is 5. The first-order chi connectivity index (χ1) is 10.2. The van der Waals surface area contributed by atoms with E-state index in [0.717, 1.165) is 10.9 Å². The number of sulfonamides is 1. The topological polar surface area (TPSA) is 144 Å². The van der Waals surface area contributed by atoms with Gasteiger partial charge in [0.2, 0.25) is 5.91 Å². The molecule has 0 fully saturated rings. The van der Waals surface area contributed by atoms with Gasteiger partial charge in [0.15, 0.2) is 5.69 Å². The van der Waals surface area contributed by atoms with Gasteiger partial charge >= 0.3 is 5.97 Å². The number of rotatable bonds is 5. The average Bonchev–Trinajstić information content (AvgIpc) is 2.79. The van der Waals surface area contributed by atoms with Crippen molar-refractivity contribution in [2.45, 2.75) is 4.90 Å². The largest absolute Gasteiger partial charge is 0.476 e. The Hall–Kier alpha value is -2.88. The highest BCUT2D eigenvalue weighted by atomic mass is 32.2. The molecule has 10 heteroatoms. The van der Waals surface area contributed by atoms with E-state index in [-0.39, 0.29) is 21.8 Å². The van der Waals surface area contributed by atoms with Gasteiger partial charge < -0.3 is 10.8 Å². The lowest BCUT2D eigenvalue weighted by molar-refractivity contribution is 0.0686. The Morgan fingerprint density at radius 1 is 1.27 bits per heavy atom. The Balaban J connectivity index is 2.36. The molecule has 2 rings (SSSR count). The molecule has 9 nitrogen and oxygen atoms in total. The minimum atomic E-state index is -4.02. The number of carboxylic acids is 1. The van der Waals surface area contributed by atoms with Crippen LogP contribution in [0, 0.1) is 0 Å². The van der Waals surface area contributed by atoms with Crippen LogP contribution >= 0.6 is 0 Å². The number of nitrogens with zero attached hydrogens (tertiary/aromatic N) is 2. The number of carbonyl (C=O) groups is 2. The molecule has 0 unspecified atom stereocenters. The van der Waals surface area contributed by atoms with Crippen LogP contribution < -0.4 is 10.5 Å². The summed E-state index contributed by atoms with van der Waals surface area (Å²) in [6, 6.07) is 4.91. The van der Waals surface area contributed by atoms with Crippen molar-refractivity contribution in [3.63, 3.8) is 0 Å². The van der Waals surface area contributed by atoms with Gasteiger partial charge in [0.1, 0.15) is 5.69 Å². The smallest absolute Gasteiger partial charge is 0.356 e. The van der Waals surface area contributed by atoms with Gasteiger partial charge in [-0.2, -0.15) is 5.10 Å². The van der Waals surface area contributed by atoms with Crippen molar-refractivity contribution in [1.82, 2.24) is 9.78 Å². The van der Waals surface area contributed by atoms with Crippen LogP contribution in [0.3, 0.4) is 0 Å². The Morgan fingerprint density at radius 3 is 2.36 bits per heavy atom. The molecular formula is C12H12N4O5S. The second-order valence-corrected chi connectivity index (χ2v) is 6.01. The molecule has 22 heavy (non-hydrogen) atoms. The van der Waals surface area contributed by atoms with Gasteiger partial charge in [0, 0.05) is 12.6 Å². The molecular weight excluding hydrogens is 312 g/mol. The van der Waals surface area contributed by atoms with Crippen LogP contribution in [0.4, 0.5) is 5.69 Å². The van der Waals surface area contributed by atoms with E-state index in [1.165, 1.54) is 31.3 Å². The predicted octanol–water partition coefficient (Wildman–Crippen LogP) is 0.0180. The van der Waals surface area contributed by atoms with Crippen molar-refractivity contribution in [1.29, 1.82) is 0 Å². The average molecular weight is 324 g/mol. The summed E-state index contributed by atoms with van der Waals surface area (Å²) < 4.78 is 27.6. The summed E-state index contributed by atoms with van der Waals surface area (Å²) >= 11 is 0. The quantitative estimate of drug-likeness (QED) is 0.707. The third-order valence-corrected chi connectivity index (χ3v) is 4.22. The van der Waals surface area contributed by atoms with E-state index < -0.39 is 21.9 Å². The first-order valence-electron chi connectivity index (χ1n) is 5.90. The van der Waals surface area contributed by atoms with Crippen molar-refractivity contribution in [3.05, 3.63) is 41.7 Å². The molecule has 0 aliphatic rings. The van der Waals surface area contributed by atoms with Crippen LogP contribution in [0.15, 0.2) is 35.4 Å². The molecule has 116 valence electrons. The van der Waals surface area contributed by atoms with Gasteiger partial charge in [0.05, 0.1) is 11.1 Å². The van der Waals surface area contributed by atoms with E-state index in [0.29, 0.717) is 0 Å². The van der Waals surface area contributed by atoms with Crippen molar-refractivity contribution in [3.8, 4) is 0 Å². The fourth-order valence-electron chi connectivity index (χ4n) is 1.77. The third kappa shape index (κ3) is 2.91. The fourth-order valence-corrected chi connectivity index (χ4v) is 2.82. The van der Waals surface area contributed by atoms with Gasteiger partial charge in [-0.25, -0.2) is 13.2 Å². The highest BCUT2D eigenvalue weighted by Crippen LogP contribution is 2.20. The number of benzene rings is 1. The summed E-state index contributed by atoms with van der Waals surface area (Å²) in [6.45, 7) is 0. The van der Waals surface area contributed by atoms with Crippen LogP contribution in [0.5, 0.6) is 0 Å². The van der Waals surface area contributed by atoms with Gasteiger partial charge in [-0.3, -0.25) is 14.2 Å². The molecule has 1 heterocycles. The van der Waals surface area contributed by atoms with E-state index >= 15 is 0 Å². The van der Waals surface area contributed by atoms with E-state index in [4.69, 9.17) is 10.8 Å². The number of nitrogens with two attached hydrogens (primary N) is 1. The SMILES string of the molecule is Cn1ncc(NS(=O)(=O)c2ccc(C(N)=O)cc2)c1C(=O)O. The summed E-state index contributed by atoms with van der Waals surface area (Å²) in [6.07, 6.45) is 1.10. The molecule has 1 aromatic heterocycles. The van der Waals surface area contributed by atoms with E-state index in [2.05, 4.69) is 9.82 Å². The van der Waals surface area contributed by atoms with Gasteiger partial charge in [-0.15, -0.1) is 0 Å². The van der Waals surface area contributed by atoms with Gasteiger partial charge in [0.25, 0.3) is 10.0 Å². The summed E-state index contributed by atoms with van der Waals surface area (Å²) in [5, 5.41) is 12.8. The Labute approximate surface area is 125 Å². The normalized spacial score (nSPS) is 11.1. The molecule has 0 aliphatic heterocycles. The van der Waals surface area contributed by atoms with E-state index in [9.17, 15) is 18.0 Å². The maximum Gasteiger partial charge on any atom is 0.356 e. The number of amides is 1. The zero-order chi connectivity index (χ0) is 16.5. The summed E-state index contributed by atoms with van der Waals surface area (Å²) in [5.74, 6) is -2.00. The maximum atomic E-state index is 12.2. The summed E-state index contributed by atoms with van der Waals surface area (Å²) in [7, 11) is -2.64. The Bertz CT molecular complexity index is 839. The molecule has 0 radical (unpaired) electrons. The second-order valence-electron chi connectivity index (χ2n) is 4.33. The molecule has 0 saturated heterocycles. The number of aromatic nitrogens is 2. The van der Waals surface area contributed by atoms with Crippen LogP contribution in [0.2, 0.25) is 0 Å². The zero-order valence-corrected chi connectivity index (χ0v) is 12.2. The number of carbonyl (C=O) groups excluding carboxylic acids is 1. The number of hydrogen-bond donors (Lipinski definition) is 3. The molecule has 0 spiro atoms. The van der Waals surface area contributed by atoms with Crippen LogP contribution in [-0.4, -0.2) is 35.2 Å². The number of carboxylic acid groups (broad SMARTS) is 1. The lowest BCUT2D eigenvalue weighted by Crippen LogP contribution is -2.16. The standard InChI is InChI=1S/C12H12N4O5S/c1-16-10(12(18)19)9(6-14-16)15-22(20,21)8-4-2-7(3-5-8)11(13)17/h2-6,15H,1H3,(H2,13,17)(H,18,19). The fraction of sp³-hybridized carbons (Fsp3) is 0.0833. The highest BCUT2D eigenvalue weighted by Gasteiger charge is 2.22. The third-order valence-electron chi connectivity index (χ3n) is 2.83. The van der Waals surface area contributed by atoms with Crippen molar-refractivity contribution >= 4 is 27.6 Å². The minimum absolute atomic E-state index is 0.141. The van der Waals surface area contributed by atoms with Crippen molar-refractivity contribution in [2.24, 2.45) is 12.8 Å². The van der Waals surface area contributed by atoms with Crippen LogP contribution in [0.25, 0.3) is 0 Å². The molecule has 4 N–H and O–H groups in total. The minimum Gasteiger partial charge on any atom is -0.476 e. The number of primary amides is 1. The van der Waals surface area contributed by atoms with E-state index in [1.807, 2.05) is 0 Å². The second kappa shape index (κ2) is 5.48. The molecule has 1 aromatic carbocycles. The first-order valence-corrected chi connectivity index (χ1v) is 7.38. The predicted molar refractivity (Wildman–Crippen MR) is 75.9 cm³/mol. The lowest BCUT2D eigenvalue weighted by atomic mass is 10.2. The number of nitrogens with one attached hydrogen (secondary N) is 1. The number of anilines is 1. The lowest BCUT2D eigenvalue weighted by Gasteiger charge is -2.08. The summed E-state index contributed by atoms with van der Waals surface area (Å²) in [5.41, 5.74) is 4.78. The van der Waals surface area contributed by atoms with Crippen LogP contribution in [-0.2, 0) is 17.1 Å². The summed E-state index contributed by atoms with van der Waals surface area (Å²) in [4.78, 5) is 21.9. The molecule has 0 atom stereocenters. The van der Waals surface area contributed by atoms with Crippen molar-refractivity contribution < 1.29 is 23.1 Å². The molecule has 0 aliphatic carbocycles. The molecule has 0 bridgehead atoms. The van der Waals surface area contributed by atoms with Crippen molar-refractivity contribution in [2.75, 3.05) is 4.72 Å². The van der Waals surface area contributed by atoms with E-state index in [1.54, 1.807) is 0 Å². The Kier molecular flexibility index (Phi) is 3.87. The van der Waals surface area contributed by atoms with Gasteiger partial charge in [-0.05, 0) is 24.3 Å². The molecule has 0 saturated carbocycles. The maximum absolute atomic E-state index is 12.2. The molecule has 2 aromatic rings. The highest BCUT2D eigenvalue weighted by molar-refractivity contribution is 7.92. The number of aromatic carboxylic acids is 1. The molecule has 1 amide bonds. The number of aryl methyl sites for hydroxylation is 1. The first kappa shape index (κ1) is 15.5. The zero-order valence-electron chi connectivity index (χ0n) is 11.3. The van der Waals surface area contributed by atoms with Gasteiger partial charge in [-0.1, -0.05) is 0 Å². The van der Waals surface area contributed by atoms with Crippen LogP contribution in [0.1, 0.15) is 20.8 Å².